The van der Waals surface area contributed by atoms with E-state index in [-0.39, 0.29) is 5.60 Å². The third-order valence-electron chi connectivity index (χ3n) is 3.81. The average molecular weight is 371 g/mol. The van der Waals surface area contributed by atoms with Crippen molar-refractivity contribution >= 4 is 5.96 Å². The van der Waals surface area contributed by atoms with Gasteiger partial charge in [0.2, 0.25) is 0 Å². The van der Waals surface area contributed by atoms with Gasteiger partial charge in [0, 0.05) is 19.2 Å². The van der Waals surface area contributed by atoms with E-state index in [0.717, 1.165) is 23.0 Å². The van der Waals surface area contributed by atoms with Crippen LogP contribution in [0.15, 0.2) is 41.9 Å². The zero-order valence-corrected chi connectivity index (χ0v) is 16.9. The summed E-state index contributed by atoms with van der Waals surface area (Å²) in [5.74, 6) is 3.25. The molecule has 0 saturated carbocycles. The highest BCUT2D eigenvalue weighted by Gasteiger charge is 2.14. The fraction of sp³-hybridized carbons (Fsp3) is 0.450. The van der Waals surface area contributed by atoms with Gasteiger partial charge < -0.3 is 19.9 Å². The highest BCUT2D eigenvalue weighted by Crippen LogP contribution is 2.23. The first-order chi connectivity index (χ1) is 12.8. The van der Waals surface area contributed by atoms with Gasteiger partial charge in [0.05, 0.1) is 13.1 Å². The van der Waals surface area contributed by atoms with Gasteiger partial charge in [-0.05, 0) is 33.8 Å². The molecule has 27 heavy (non-hydrogen) atoms. The zero-order valence-electron chi connectivity index (χ0n) is 16.9. The van der Waals surface area contributed by atoms with Crippen molar-refractivity contribution in [2.75, 3.05) is 6.54 Å². The molecule has 7 nitrogen and oxygen atoms in total. The Balaban J connectivity index is 2.11. The van der Waals surface area contributed by atoms with Crippen molar-refractivity contribution in [3.63, 3.8) is 0 Å². The molecule has 0 aliphatic heterocycles. The van der Waals surface area contributed by atoms with E-state index in [1.807, 2.05) is 63.6 Å². The second kappa shape index (κ2) is 9.21. The molecule has 2 N–H and O–H groups in total. The number of benzene rings is 1. The number of hydrogen-bond acceptors (Lipinski definition) is 4. The Morgan fingerprint density at radius 2 is 2.00 bits per heavy atom. The first-order valence-electron chi connectivity index (χ1n) is 9.05. The number of aryl methyl sites for hydroxylation is 1. The Labute approximate surface area is 161 Å². The van der Waals surface area contributed by atoms with E-state index in [4.69, 9.17) is 4.74 Å². The van der Waals surface area contributed by atoms with Crippen LogP contribution in [-0.2, 0) is 20.1 Å². The van der Waals surface area contributed by atoms with E-state index in [9.17, 15) is 0 Å². The van der Waals surface area contributed by atoms with Gasteiger partial charge in [0.15, 0.2) is 11.8 Å². The Morgan fingerprint density at radius 3 is 2.63 bits per heavy atom. The smallest absolute Gasteiger partial charge is 0.192 e. The van der Waals surface area contributed by atoms with Crippen molar-refractivity contribution in [3.05, 3.63) is 54.1 Å². The molecule has 2 rings (SSSR count). The SMILES string of the molecule is C=CCNC(=NCc1ccccc1OC(C)(C)C)NCc1nnc(C)n1C. The molecule has 0 atom stereocenters. The maximum Gasteiger partial charge on any atom is 0.192 e. The summed E-state index contributed by atoms with van der Waals surface area (Å²) in [4.78, 5) is 4.68. The van der Waals surface area contributed by atoms with Gasteiger partial charge in [-0.15, -0.1) is 16.8 Å². The number of nitrogens with zero attached hydrogens (tertiary/aromatic N) is 4. The van der Waals surface area contributed by atoms with E-state index in [2.05, 4.69) is 32.4 Å². The highest BCUT2D eigenvalue weighted by molar-refractivity contribution is 5.79. The second-order valence-electron chi connectivity index (χ2n) is 7.23. The summed E-state index contributed by atoms with van der Waals surface area (Å²) in [7, 11) is 1.94. The maximum atomic E-state index is 6.05. The van der Waals surface area contributed by atoms with Gasteiger partial charge in [-0.25, -0.2) is 4.99 Å². The van der Waals surface area contributed by atoms with E-state index in [1.54, 1.807) is 6.08 Å². The molecule has 1 aromatic carbocycles. The van der Waals surface area contributed by atoms with Crippen molar-refractivity contribution in [1.29, 1.82) is 0 Å². The molecule has 0 radical (unpaired) electrons. The van der Waals surface area contributed by atoms with Gasteiger partial charge >= 0.3 is 0 Å². The number of hydrogen-bond donors (Lipinski definition) is 2. The minimum Gasteiger partial charge on any atom is -0.488 e. The quantitative estimate of drug-likeness (QED) is 0.445. The Morgan fingerprint density at radius 1 is 1.26 bits per heavy atom. The number of ether oxygens (including phenoxy) is 1. The standard InChI is InChI=1S/C20H30N6O/c1-7-12-21-19(23-14-18-25-24-15(2)26(18)6)22-13-16-10-8-9-11-17(16)27-20(3,4)5/h7-11H,1,12-14H2,2-6H3,(H2,21,22,23). The average Bonchev–Trinajstić information content (AvgIpc) is 2.93. The van der Waals surface area contributed by atoms with Gasteiger partial charge in [-0.3, -0.25) is 0 Å². The van der Waals surface area contributed by atoms with Gasteiger partial charge in [0.25, 0.3) is 0 Å². The number of aliphatic imine (C=N–C) groups is 1. The summed E-state index contributed by atoms with van der Waals surface area (Å²) >= 11 is 0. The lowest BCUT2D eigenvalue weighted by atomic mass is 10.1. The molecule has 1 aromatic heterocycles. The van der Waals surface area contributed by atoms with Crippen molar-refractivity contribution in [1.82, 2.24) is 25.4 Å². The number of nitrogens with one attached hydrogen (secondary N) is 2. The van der Waals surface area contributed by atoms with Crippen LogP contribution < -0.4 is 15.4 Å². The largest absolute Gasteiger partial charge is 0.488 e. The molecular weight excluding hydrogens is 340 g/mol. The molecule has 2 aromatic rings. The van der Waals surface area contributed by atoms with Crippen LogP contribution in [0.2, 0.25) is 0 Å². The maximum absolute atomic E-state index is 6.05. The van der Waals surface area contributed by atoms with E-state index in [0.29, 0.717) is 25.6 Å². The lowest BCUT2D eigenvalue weighted by Gasteiger charge is -2.23. The van der Waals surface area contributed by atoms with Crippen molar-refractivity contribution in [3.8, 4) is 5.75 Å². The highest BCUT2D eigenvalue weighted by atomic mass is 16.5. The second-order valence-corrected chi connectivity index (χ2v) is 7.23. The molecule has 0 fully saturated rings. The minimum atomic E-state index is -0.259. The Bertz CT molecular complexity index is 788. The third-order valence-corrected chi connectivity index (χ3v) is 3.81. The molecule has 0 aliphatic carbocycles. The lowest BCUT2D eigenvalue weighted by Crippen LogP contribution is -2.37. The number of rotatable bonds is 7. The van der Waals surface area contributed by atoms with Crippen LogP contribution in [0.25, 0.3) is 0 Å². The van der Waals surface area contributed by atoms with Gasteiger partial charge in [0.1, 0.15) is 17.2 Å². The fourth-order valence-electron chi connectivity index (χ4n) is 2.34. The topological polar surface area (TPSA) is 76.4 Å². The monoisotopic (exact) mass is 370 g/mol. The van der Waals surface area contributed by atoms with Gasteiger partial charge in [-0.1, -0.05) is 24.3 Å². The molecule has 0 unspecified atom stereocenters. The predicted molar refractivity (Wildman–Crippen MR) is 109 cm³/mol. The predicted octanol–water partition coefficient (Wildman–Crippen LogP) is 2.72. The lowest BCUT2D eigenvalue weighted by molar-refractivity contribution is 0.129. The first-order valence-corrected chi connectivity index (χ1v) is 9.05. The summed E-state index contributed by atoms with van der Waals surface area (Å²) in [6.07, 6.45) is 1.79. The van der Waals surface area contributed by atoms with Gasteiger partial charge in [-0.2, -0.15) is 0 Å². The Hall–Kier alpha value is -2.83. The molecular formula is C20H30N6O. The van der Waals surface area contributed by atoms with E-state index >= 15 is 0 Å². The summed E-state index contributed by atoms with van der Waals surface area (Å²) < 4.78 is 8.00. The summed E-state index contributed by atoms with van der Waals surface area (Å²) in [6, 6.07) is 7.97. The molecule has 0 amide bonds. The van der Waals surface area contributed by atoms with Crippen LogP contribution >= 0.6 is 0 Å². The fourth-order valence-corrected chi connectivity index (χ4v) is 2.34. The Kier molecular flexibility index (Phi) is 6.98. The normalized spacial score (nSPS) is 12.0. The molecule has 1 heterocycles. The first kappa shape index (κ1) is 20.5. The molecule has 0 spiro atoms. The van der Waals surface area contributed by atoms with Crippen LogP contribution in [-0.4, -0.2) is 32.9 Å². The van der Waals surface area contributed by atoms with Crippen LogP contribution in [0.1, 0.15) is 38.0 Å². The van der Waals surface area contributed by atoms with Crippen molar-refractivity contribution in [2.24, 2.45) is 12.0 Å². The molecule has 0 saturated heterocycles. The third kappa shape index (κ3) is 6.44. The molecule has 0 bridgehead atoms. The van der Waals surface area contributed by atoms with Crippen molar-refractivity contribution in [2.45, 2.75) is 46.4 Å². The summed E-state index contributed by atoms with van der Waals surface area (Å²) in [6.45, 7) is 13.4. The number of guanidine groups is 1. The van der Waals surface area contributed by atoms with Crippen LogP contribution in [0.5, 0.6) is 5.75 Å². The van der Waals surface area contributed by atoms with E-state index < -0.39 is 0 Å². The summed E-state index contributed by atoms with van der Waals surface area (Å²) in [5.41, 5.74) is 0.770. The van der Waals surface area contributed by atoms with Crippen LogP contribution in [0, 0.1) is 6.92 Å². The number of para-hydroxylation sites is 1. The summed E-state index contributed by atoms with van der Waals surface area (Å²) in [5, 5.41) is 14.8. The minimum absolute atomic E-state index is 0.259. The van der Waals surface area contributed by atoms with Crippen molar-refractivity contribution < 1.29 is 4.74 Å². The van der Waals surface area contributed by atoms with Crippen LogP contribution in [0.4, 0.5) is 0 Å². The van der Waals surface area contributed by atoms with E-state index in [1.165, 1.54) is 0 Å². The van der Waals surface area contributed by atoms with Crippen LogP contribution in [0.3, 0.4) is 0 Å². The molecule has 0 aliphatic rings. The molecule has 7 heteroatoms. The molecule has 146 valence electrons. The number of aromatic nitrogens is 3. The zero-order chi connectivity index (χ0) is 19.9.